The number of rotatable bonds is 5. The predicted molar refractivity (Wildman–Crippen MR) is 82.3 cm³/mol. The van der Waals surface area contributed by atoms with Crippen molar-refractivity contribution in [3.05, 3.63) is 47.2 Å². The maximum Gasteiger partial charge on any atom is 0.289 e. The summed E-state index contributed by atoms with van der Waals surface area (Å²) in [6, 6.07) is 8.90. The molecule has 0 spiro atoms. The van der Waals surface area contributed by atoms with Gasteiger partial charge in [0, 0.05) is 0 Å². The highest BCUT2D eigenvalue weighted by Crippen LogP contribution is 2.15. The van der Waals surface area contributed by atoms with E-state index in [9.17, 15) is 13.2 Å². The van der Waals surface area contributed by atoms with Crippen molar-refractivity contribution in [1.29, 1.82) is 0 Å². The average Bonchev–Trinajstić information content (AvgIpc) is 2.53. The summed E-state index contributed by atoms with van der Waals surface area (Å²) < 4.78 is 23.5. The zero-order chi connectivity index (χ0) is 16.2. The number of carbonyl (C=O) groups is 1. The third-order valence-electron chi connectivity index (χ3n) is 2.69. The molecule has 1 aromatic carbocycles. The van der Waals surface area contributed by atoms with Crippen LogP contribution in [0.2, 0.25) is 5.02 Å². The quantitative estimate of drug-likeness (QED) is 0.634. The molecular weight excluding hydrogens is 328 g/mol. The third-order valence-corrected chi connectivity index (χ3v) is 4.48. The van der Waals surface area contributed by atoms with Crippen LogP contribution in [0.5, 0.6) is 0 Å². The number of amides is 1. The first-order chi connectivity index (χ1) is 10.4. The molecule has 0 aliphatic heterocycles. The summed E-state index contributed by atoms with van der Waals surface area (Å²) >= 11 is 5.86. The first-order valence-corrected chi connectivity index (χ1v) is 8.33. The second kappa shape index (κ2) is 6.71. The van der Waals surface area contributed by atoms with Gasteiger partial charge in [0.25, 0.3) is 5.91 Å². The van der Waals surface area contributed by atoms with E-state index in [-0.39, 0.29) is 16.5 Å². The van der Waals surface area contributed by atoms with E-state index in [4.69, 9.17) is 11.6 Å². The number of para-hydroxylation sites is 1. The van der Waals surface area contributed by atoms with Crippen LogP contribution in [-0.2, 0) is 9.84 Å². The molecule has 2 aromatic rings. The summed E-state index contributed by atoms with van der Waals surface area (Å²) in [6.07, 6.45) is 1.09. The maximum absolute atomic E-state index is 12.1. The van der Waals surface area contributed by atoms with Crippen molar-refractivity contribution in [2.75, 3.05) is 11.2 Å². The molecule has 22 heavy (non-hydrogen) atoms. The standard InChI is InChI=1S/C13H13ClN4O3S/c1-2-22(20,21)13-15-8-10(14)11(16-13)12(19)18-17-9-6-4-3-5-7-9/h3-8,17H,2H2,1H3,(H,18,19). The van der Waals surface area contributed by atoms with Crippen molar-refractivity contribution in [3.63, 3.8) is 0 Å². The van der Waals surface area contributed by atoms with E-state index < -0.39 is 20.9 Å². The molecule has 7 nitrogen and oxygen atoms in total. The highest BCUT2D eigenvalue weighted by Gasteiger charge is 2.20. The largest absolute Gasteiger partial charge is 0.298 e. The van der Waals surface area contributed by atoms with Crippen molar-refractivity contribution < 1.29 is 13.2 Å². The van der Waals surface area contributed by atoms with E-state index in [2.05, 4.69) is 20.8 Å². The van der Waals surface area contributed by atoms with Gasteiger partial charge in [0.05, 0.1) is 22.7 Å². The average molecular weight is 341 g/mol. The van der Waals surface area contributed by atoms with E-state index >= 15 is 0 Å². The van der Waals surface area contributed by atoms with Crippen LogP contribution in [0.1, 0.15) is 17.4 Å². The fourth-order valence-electron chi connectivity index (χ4n) is 1.50. The Morgan fingerprint density at radius 2 is 1.95 bits per heavy atom. The lowest BCUT2D eigenvalue weighted by molar-refractivity contribution is 0.0957. The second-order valence-electron chi connectivity index (χ2n) is 4.20. The summed E-state index contributed by atoms with van der Waals surface area (Å²) in [5.41, 5.74) is 5.51. The van der Waals surface area contributed by atoms with Gasteiger partial charge in [-0.25, -0.2) is 18.4 Å². The molecule has 9 heteroatoms. The molecule has 0 atom stereocenters. The van der Waals surface area contributed by atoms with E-state index in [0.29, 0.717) is 5.69 Å². The molecule has 0 bridgehead atoms. The van der Waals surface area contributed by atoms with Crippen molar-refractivity contribution >= 4 is 33.0 Å². The van der Waals surface area contributed by atoms with Crippen LogP contribution in [0.3, 0.4) is 0 Å². The Labute approximate surface area is 132 Å². The molecule has 0 unspecified atom stereocenters. The first kappa shape index (κ1) is 16.2. The van der Waals surface area contributed by atoms with E-state index in [1.807, 2.05) is 6.07 Å². The predicted octanol–water partition coefficient (Wildman–Crippen LogP) is 1.68. The summed E-state index contributed by atoms with van der Waals surface area (Å²) in [5.74, 6) is -0.832. The minimum absolute atomic E-state index is 0.0394. The monoisotopic (exact) mass is 340 g/mol. The van der Waals surface area contributed by atoms with Gasteiger partial charge in [0.1, 0.15) is 0 Å². The number of sulfone groups is 1. The molecule has 0 saturated carbocycles. The van der Waals surface area contributed by atoms with E-state index in [0.717, 1.165) is 6.20 Å². The first-order valence-electron chi connectivity index (χ1n) is 6.30. The number of halogens is 1. The lowest BCUT2D eigenvalue weighted by Crippen LogP contribution is -2.30. The van der Waals surface area contributed by atoms with Gasteiger partial charge in [-0.15, -0.1) is 0 Å². The van der Waals surface area contributed by atoms with Crippen molar-refractivity contribution in [1.82, 2.24) is 15.4 Å². The van der Waals surface area contributed by atoms with Crippen LogP contribution in [0, 0.1) is 0 Å². The number of aromatic nitrogens is 2. The molecule has 1 amide bonds. The van der Waals surface area contributed by atoms with Crippen LogP contribution >= 0.6 is 11.6 Å². The molecule has 0 saturated heterocycles. The van der Waals surface area contributed by atoms with Crippen LogP contribution < -0.4 is 10.9 Å². The SMILES string of the molecule is CCS(=O)(=O)c1ncc(Cl)c(C(=O)NNc2ccccc2)n1. The number of nitrogens with zero attached hydrogens (tertiary/aromatic N) is 2. The van der Waals surface area contributed by atoms with Crippen molar-refractivity contribution in [3.8, 4) is 0 Å². The molecule has 2 N–H and O–H groups in total. The van der Waals surface area contributed by atoms with E-state index in [1.54, 1.807) is 24.3 Å². The number of benzene rings is 1. The molecule has 0 fully saturated rings. The van der Waals surface area contributed by atoms with Crippen LogP contribution in [-0.4, -0.2) is 30.0 Å². The fourth-order valence-corrected chi connectivity index (χ4v) is 2.38. The Kier molecular flexibility index (Phi) is 4.94. The Bertz CT molecular complexity index is 781. The molecule has 0 aliphatic rings. The summed E-state index contributed by atoms with van der Waals surface area (Å²) in [6.45, 7) is 1.46. The van der Waals surface area contributed by atoms with Gasteiger partial charge in [-0.1, -0.05) is 36.7 Å². The van der Waals surface area contributed by atoms with Gasteiger partial charge < -0.3 is 0 Å². The van der Waals surface area contributed by atoms with Crippen LogP contribution in [0.25, 0.3) is 0 Å². The van der Waals surface area contributed by atoms with Gasteiger partial charge in [0.15, 0.2) is 5.69 Å². The number of anilines is 1. The molecule has 1 heterocycles. The summed E-state index contributed by atoms with van der Waals surface area (Å²) in [5, 5.41) is -0.466. The summed E-state index contributed by atoms with van der Waals surface area (Å²) in [4.78, 5) is 19.5. The van der Waals surface area contributed by atoms with Crippen molar-refractivity contribution in [2.24, 2.45) is 0 Å². The number of hydrogen-bond acceptors (Lipinski definition) is 6. The van der Waals surface area contributed by atoms with Crippen LogP contribution in [0.4, 0.5) is 5.69 Å². The highest BCUT2D eigenvalue weighted by atomic mass is 35.5. The van der Waals surface area contributed by atoms with Gasteiger partial charge in [-0.05, 0) is 12.1 Å². The Balaban J connectivity index is 2.20. The fraction of sp³-hybridized carbons (Fsp3) is 0.154. The number of hydrazine groups is 1. The minimum atomic E-state index is -3.62. The summed E-state index contributed by atoms with van der Waals surface area (Å²) in [7, 11) is -3.62. The number of carbonyl (C=O) groups excluding carboxylic acids is 1. The Hall–Kier alpha value is -2.19. The molecular formula is C13H13ClN4O3S. The zero-order valence-electron chi connectivity index (χ0n) is 11.6. The topological polar surface area (TPSA) is 101 Å². The lowest BCUT2D eigenvalue weighted by Gasteiger charge is -2.09. The normalized spacial score (nSPS) is 11.0. The minimum Gasteiger partial charge on any atom is -0.298 e. The lowest BCUT2D eigenvalue weighted by atomic mass is 10.3. The van der Waals surface area contributed by atoms with Gasteiger partial charge in [-0.3, -0.25) is 15.6 Å². The number of nitrogens with one attached hydrogen (secondary N) is 2. The Morgan fingerprint density at radius 3 is 2.59 bits per heavy atom. The second-order valence-corrected chi connectivity index (χ2v) is 6.78. The molecule has 0 radical (unpaired) electrons. The maximum atomic E-state index is 12.1. The molecule has 116 valence electrons. The Morgan fingerprint density at radius 1 is 1.27 bits per heavy atom. The van der Waals surface area contributed by atoms with Gasteiger partial charge in [0.2, 0.25) is 15.0 Å². The van der Waals surface area contributed by atoms with E-state index in [1.165, 1.54) is 6.92 Å². The number of hydrogen-bond donors (Lipinski definition) is 2. The third kappa shape index (κ3) is 3.71. The molecule has 0 aliphatic carbocycles. The smallest absolute Gasteiger partial charge is 0.289 e. The van der Waals surface area contributed by atoms with Gasteiger partial charge in [-0.2, -0.15) is 0 Å². The highest BCUT2D eigenvalue weighted by molar-refractivity contribution is 7.91. The zero-order valence-corrected chi connectivity index (χ0v) is 13.1. The van der Waals surface area contributed by atoms with Crippen LogP contribution in [0.15, 0.2) is 41.7 Å². The van der Waals surface area contributed by atoms with Crippen molar-refractivity contribution in [2.45, 2.75) is 12.1 Å². The molecule has 2 rings (SSSR count). The van der Waals surface area contributed by atoms with Gasteiger partial charge >= 0.3 is 0 Å². The molecule has 1 aromatic heterocycles.